The molecule has 0 atom stereocenters. The SMILES string of the molecule is CC(C)C.COc1ccc(C(C)(C)C)c(OC2=C(C)C=CC=CC2)c1. The first-order valence-corrected chi connectivity index (χ1v) is 9.04. The molecule has 2 heteroatoms. The molecule has 0 unspecified atom stereocenters. The van der Waals surface area contributed by atoms with Crippen molar-refractivity contribution in [2.45, 2.75) is 60.3 Å². The molecule has 2 nitrogen and oxygen atoms in total. The van der Waals surface area contributed by atoms with Crippen molar-refractivity contribution in [1.29, 1.82) is 0 Å². The first-order chi connectivity index (χ1) is 11.6. The molecular formula is C23H34O2. The van der Waals surface area contributed by atoms with E-state index >= 15 is 0 Å². The van der Waals surface area contributed by atoms with Crippen LogP contribution in [0, 0.1) is 5.92 Å². The summed E-state index contributed by atoms with van der Waals surface area (Å²) < 4.78 is 11.6. The molecule has 0 saturated carbocycles. The topological polar surface area (TPSA) is 18.5 Å². The summed E-state index contributed by atoms with van der Waals surface area (Å²) in [6, 6.07) is 6.05. The van der Waals surface area contributed by atoms with Gasteiger partial charge in [0.25, 0.3) is 0 Å². The van der Waals surface area contributed by atoms with Gasteiger partial charge >= 0.3 is 0 Å². The lowest BCUT2D eigenvalue weighted by Gasteiger charge is -2.24. The summed E-state index contributed by atoms with van der Waals surface area (Å²) in [7, 11) is 1.68. The largest absolute Gasteiger partial charge is 0.497 e. The van der Waals surface area contributed by atoms with Gasteiger partial charge in [0.2, 0.25) is 0 Å². The number of hydrogen-bond acceptors (Lipinski definition) is 2. The third-order valence-corrected chi connectivity index (χ3v) is 3.57. The maximum Gasteiger partial charge on any atom is 0.134 e. The molecule has 0 spiro atoms. The molecule has 0 aromatic heterocycles. The second-order valence-electron chi connectivity index (χ2n) is 8.04. The Morgan fingerprint density at radius 3 is 2.24 bits per heavy atom. The van der Waals surface area contributed by atoms with Crippen molar-refractivity contribution in [1.82, 2.24) is 0 Å². The van der Waals surface area contributed by atoms with Crippen LogP contribution in [0.25, 0.3) is 0 Å². The third-order valence-electron chi connectivity index (χ3n) is 3.57. The zero-order valence-electron chi connectivity index (χ0n) is 17.1. The molecule has 138 valence electrons. The van der Waals surface area contributed by atoms with Gasteiger partial charge < -0.3 is 9.47 Å². The summed E-state index contributed by atoms with van der Waals surface area (Å²) in [5.74, 6) is 3.51. The number of methoxy groups -OCH3 is 1. The molecule has 1 aromatic rings. The van der Waals surface area contributed by atoms with Crippen molar-refractivity contribution >= 4 is 0 Å². The monoisotopic (exact) mass is 342 g/mol. The third kappa shape index (κ3) is 7.21. The molecule has 0 amide bonds. The van der Waals surface area contributed by atoms with Crippen LogP contribution in [0.2, 0.25) is 0 Å². The lowest BCUT2D eigenvalue weighted by atomic mass is 9.86. The maximum absolute atomic E-state index is 6.24. The number of rotatable bonds is 3. The van der Waals surface area contributed by atoms with Crippen LogP contribution in [0.4, 0.5) is 0 Å². The van der Waals surface area contributed by atoms with Crippen LogP contribution >= 0.6 is 0 Å². The van der Waals surface area contributed by atoms with Crippen LogP contribution in [0.15, 0.2) is 53.8 Å². The second-order valence-corrected chi connectivity index (χ2v) is 8.04. The first-order valence-electron chi connectivity index (χ1n) is 9.04. The molecule has 1 aliphatic rings. The van der Waals surface area contributed by atoms with Gasteiger partial charge in [-0.05, 0) is 29.9 Å². The lowest BCUT2D eigenvalue weighted by Crippen LogP contribution is -2.13. The summed E-state index contributed by atoms with van der Waals surface area (Å²) in [6.07, 6.45) is 9.09. The number of allylic oxidation sites excluding steroid dienone is 5. The molecular weight excluding hydrogens is 308 g/mol. The quantitative estimate of drug-likeness (QED) is 0.599. The average Bonchev–Trinajstić information content (AvgIpc) is 2.70. The Morgan fingerprint density at radius 1 is 1.04 bits per heavy atom. The Morgan fingerprint density at radius 2 is 1.68 bits per heavy atom. The van der Waals surface area contributed by atoms with E-state index in [4.69, 9.17) is 9.47 Å². The van der Waals surface area contributed by atoms with E-state index < -0.39 is 0 Å². The van der Waals surface area contributed by atoms with E-state index in [0.29, 0.717) is 0 Å². The zero-order valence-corrected chi connectivity index (χ0v) is 17.1. The molecule has 0 bridgehead atoms. The smallest absolute Gasteiger partial charge is 0.134 e. The van der Waals surface area contributed by atoms with Crippen molar-refractivity contribution < 1.29 is 9.47 Å². The molecule has 1 aliphatic carbocycles. The standard InChI is InChI=1S/C19H24O2.C4H10/c1-14-9-7-6-8-10-17(14)21-18-13-15(20-5)11-12-16(18)19(2,3)4;1-4(2)3/h6-9,11-13H,10H2,1-5H3;4H,1-3H3. The van der Waals surface area contributed by atoms with Crippen molar-refractivity contribution in [3.05, 3.63) is 59.4 Å². The van der Waals surface area contributed by atoms with Crippen LogP contribution < -0.4 is 9.47 Å². The minimum Gasteiger partial charge on any atom is -0.497 e. The van der Waals surface area contributed by atoms with Crippen LogP contribution in [-0.2, 0) is 5.41 Å². The van der Waals surface area contributed by atoms with Crippen LogP contribution in [0.5, 0.6) is 11.5 Å². The van der Waals surface area contributed by atoms with E-state index in [9.17, 15) is 0 Å². The average molecular weight is 343 g/mol. The summed E-state index contributed by atoms with van der Waals surface area (Å²) in [4.78, 5) is 0. The second kappa shape index (κ2) is 9.50. The minimum absolute atomic E-state index is 0.0203. The van der Waals surface area contributed by atoms with Crippen LogP contribution in [0.3, 0.4) is 0 Å². The van der Waals surface area contributed by atoms with Gasteiger partial charge in [0.15, 0.2) is 0 Å². The fourth-order valence-corrected chi connectivity index (χ4v) is 2.30. The van der Waals surface area contributed by atoms with Crippen molar-refractivity contribution in [2.24, 2.45) is 5.92 Å². The van der Waals surface area contributed by atoms with E-state index in [0.717, 1.165) is 35.2 Å². The van der Waals surface area contributed by atoms with Gasteiger partial charge in [0, 0.05) is 18.1 Å². The summed E-state index contributed by atoms with van der Waals surface area (Å²) >= 11 is 0. The number of benzene rings is 1. The molecule has 0 N–H and O–H groups in total. The van der Waals surface area contributed by atoms with Crippen molar-refractivity contribution in [2.75, 3.05) is 7.11 Å². The highest BCUT2D eigenvalue weighted by molar-refractivity contribution is 5.45. The Bertz CT molecular complexity index is 638. The molecule has 0 radical (unpaired) electrons. The Balaban J connectivity index is 0.000000705. The van der Waals surface area contributed by atoms with Crippen LogP contribution in [-0.4, -0.2) is 7.11 Å². The molecule has 0 saturated heterocycles. The van der Waals surface area contributed by atoms with Crippen molar-refractivity contribution in [3.8, 4) is 11.5 Å². The molecule has 0 aliphatic heterocycles. The zero-order chi connectivity index (χ0) is 19.0. The molecule has 25 heavy (non-hydrogen) atoms. The van der Waals surface area contributed by atoms with Gasteiger partial charge in [0.05, 0.1) is 7.11 Å². The van der Waals surface area contributed by atoms with Gasteiger partial charge in [-0.15, -0.1) is 0 Å². The fourth-order valence-electron chi connectivity index (χ4n) is 2.30. The fraction of sp³-hybridized carbons (Fsp3) is 0.478. The Labute approximate surface area is 154 Å². The first kappa shape index (κ1) is 21.1. The van der Waals surface area contributed by atoms with E-state index in [1.165, 1.54) is 5.56 Å². The van der Waals surface area contributed by atoms with Gasteiger partial charge in [0.1, 0.15) is 17.3 Å². The summed E-state index contributed by atoms with van der Waals surface area (Å²) in [6.45, 7) is 15.1. The van der Waals surface area contributed by atoms with E-state index in [-0.39, 0.29) is 5.41 Å². The molecule has 0 heterocycles. The Kier molecular flexibility index (Phi) is 8.02. The van der Waals surface area contributed by atoms with Gasteiger partial charge in [-0.3, -0.25) is 0 Å². The Hall–Kier alpha value is -1.96. The summed E-state index contributed by atoms with van der Waals surface area (Å²) in [5, 5.41) is 0. The normalized spacial score (nSPS) is 14.1. The molecule has 2 rings (SSSR count). The summed E-state index contributed by atoms with van der Waals surface area (Å²) in [5.41, 5.74) is 2.36. The van der Waals surface area contributed by atoms with Crippen LogP contribution in [0.1, 0.15) is 60.5 Å². The number of ether oxygens (including phenoxy) is 2. The predicted octanol–water partition coefficient (Wildman–Crippen LogP) is 6.82. The van der Waals surface area contributed by atoms with E-state index in [1.807, 2.05) is 18.2 Å². The number of hydrogen-bond donors (Lipinski definition) is 0. The minimum atomic E-state index is 0.0203. The molecule has 0 fully saturated rings. The van der Waals surface area contributed by atoms with Gasteiger partial charge in [-0.1, -0.05) is 71.9 Å². The lowest BCUT2D eigenvalue weighted by molar-refractivity contribution is 0.382. The van der Waals surface area contributed by atoms with Gasteiger partial charge in [-0.2, -0.15) is 0 Å². The highest BCUT2D eigenvalue weighted by atomic mass is 16.5. The van der Waals surface area contributed by atoms with Crippen molar-refractivity contribution in [3.63, 3.8) is 0 Å². The predicted molar refractivity (Wildman–Crippen MR) is 108 cm³/mol. The molecule has 1 aromatic carbocycles. The van der Waals surface area contributed by atoms with E-state index in [2.05, 4.69) is 72.8 Å². The highest BCUT2D eigenvalue weighted by Crippen LogP contribution is 2.36. The van der Waals surface area contributed by atoms with E-state index in [1.54, 1.807) is 7.11 Å². The van der Waals surface area contributed by atoms with Gasteiger partial charge in [-0.25, -0.2) is 0 Å². The maximum atomic E-state index is 6.24. The highest BCUT2D eigenvalue weighted by Gasteiger charge is 2.20.